The lowest BCUT2D eigenvalue weighted by atomic mass is 10.1. The Morgan fingerprint density at radius 3 is 2.22 bits per heavy atom. The third-order valence-electron chi connectivity index (χ3n) is 4.23. The number of amides is 1. The van der Waals surface area contributed by atoms with Crippen molar-refractivity contribution in [3.63, 3.8) is 0 Å². The molecule has 3 rings (SSSR count). The molecule has 0 fully saturated rings. The molecule has 0 aliphatic heterocycles. The minimum absolute atomic E-state index is 0.114. The molecule has 2 N–H and O–H groups in total. The number of hydrogen-bond acceptors (Lipinski definition) is 6. The van der Waals surface area contributed by atoms with Crippen molar-refractivity contribution in [2.45, 2.75) is 0 Å². The molecule has 3 aromatic carbocycles. The minimum Gasteiger partial charge on any atom is -0.490 e. The Morgan fingerprint density at radius 1 is 0.812 bits per heavy atom. The summed E-state index contributed by atoms with van der Waals surface area (Å²) in [5.41, 5.74) is 1.22. The standard InChI is InChI=1S/C24H22N2O5S/c1-29-23(28)18-8-5-7-17(15-18)22(27)26-24(32)25-19-9-6-12-21(16-19)31-14-13-30-20-10-3-2-4-11-20/h2-12,15-16H,13-14H2,1H3,(H2,25,26,27,32). The Morgan fingerprint density at radius 2 is 1.47 bits per heavy atom. The predicted molar refractivity (Wildman–Crippen MR) is 125 cm³/mol. The molecule has 8 heteroatoms. The lowest BCUT2D eigenvalue weighted by molar-refractivity contribution is 0.0600. The molecular formula is C24H22N2O5S. The zero-order chi connectivity index (χ0) is 22.8. The third-order valence-corrected chi connectivity index (χ3v) is 4.43. The molecule has 3 aromatic rings. The van der Waals surface area contributed by atoms with Crippen LogP contribution in [0.1, 0.15) is 20.7 Å². The molecule has 32 heavy (non-hydrogen) atoms. The van der Waals surface area contributed by atoms with Gasteiger partial charge >= 0.3 is 5.97 Å². The van der Waals surface area contributed by atoms with E-state index in [9.17, 15) is 9.59 Å². The summed E-state index contributed by atoms with van der Waals surface area (Å²) < 4.78 is 16.0. The van der Waals surface area contributed by atoms with Gasteiger partial charge < -0.3 is 19.5 Å². The fraction of sp³-hybridized carbons (Fsp3) is 0.125. The van der Waals surface area contributed by atoms with E-state index in [4.69, 9.17) is 21.7 Å². The molecule has 0 radical (unpaired) electrons. The molecule has 0 aliphatic carbocycles. The molecule has 7 nitrogen and oxygen atoms in total. The van der Waals surface area contributed by atoms with E-state index in [0.29, 0.717) is 24.7 Å². The SMILES string of the molecule is COC(=O)c1cccc(C(=O)NC(=S)Nc2cccc(OCCOc3ccccc3)c2)c1. The molecule has 0 spiro atoms. The van der Waals surface area contributed by atoms with Gasteiger partial charge in [0.25, 0.3) is 5.91 Å². The molecule has 0 bridgehead atoms. The van der Waals surface area contributed by atoms with Crippen LogP contribution in [0.4, 0.5) is 5.69 Å². The van der Waals surface area contributed by atoms with Crippen molar-refractivity contribution in [1.82, 2.24) is 5.32 Å². The van der Waals surface area contributed by atoms with Crippen molar-refractivity contribution in [2.75, 3.05) is 25.6 Å². The summed E-state index contributed by atoms with van der Waals surface area (Å²) in [4.78, 5) is 24.1. The minimum atomic E-state index is -0.522. The molecule has 164 valence electrons. The lowest BCUT2D eigenvalue weighted by Crippen LogP contribution is -2.34. The van der Waals surface area contributed by atoms with Crippen LogP contribution in [-0.2, 0) is 4.74 Å². The summed E-state index contributed by atoms with van der Waals surface area (Å²) in [7, 11) is 1.28. The summed E-state index contributed by atoms with van der Waals surface area (Å²) in [6.07, 6.45) is 0. The number of esters is 1. The molecule has 0 aliphatic rings. The maximum atomic E-state index is 12.4. The van der Waals surface area contributed by atoms with Crippen LogP contribution in [0.5, 0.6) is 11.5 Å². The van der Waals surface area contributed by atoms with E-state index < -0.39 is 11.9 Å². The number of carbonyl (C=O) groups is 2. The van der Waals surface area contributed by atoms with Gasteiger partial charge in [-0.3, -0.25) is 10.1 Å². The first-order valence-electron chi connectivity index (χ1n) is 9.76. The van der Waals surface area contributed by atoms with Crippen molar-refractivity contribution in [3.05, 3.63) is 90.0 Å². The van der Waals surface area contributed by atoms with Gasteiger partial charge in [-0.15, -0.1) is 0 Å². The van der Waals surface area contributed by atoms with Gasteiger partial charge in [0.1, 0.15) is 24.7 Å². The van der Waals surface area contributed by atoms with E-state index in [1.807, 2.05) is 36.4 Å². The topological polar surface area (TPSA) is 85.9 Å². The molecule has 0 heterocycles. The van der Waals surface area contributed by atoms with Crippen LogP contribution in [0.25, 0.3) is 0 Å². The number of rotatable bonds is 8. The van der Waals surface area contributed by atoms with Gasteiger partial charge in [-0.25, -0.2) is 4.79 Å². The lowest BCUT2D eigenvalue weighted by Gasteiger charge is -2.12. The zero-order valence-electron chi connectivity index (χ0n) is 17.4. The Labute approximate surface area is 191 Å². The smallest absolute Gasteiger partial charge is 0.337 e. The molecule has 1 amide bonds. The van der Waals surface area contributed by atoms with Gasteiger partial charge in [-0.05, 0) is 54.7 Å². The number of para-hydroxylation sites is 1. The Balaban J connectivity index is 1.49. The quantitative estimate of drug-likeness (QED) is 0.304. The zero-order valence-corrected chi connectivity index (χ0v) is 18.2. The van der Waals surface area contributed by atoms with Crippen molar-refractivity contribution in [2.24, 2.45) is 0 Å². The third kappa shape index (κ3) is 6.82. The van der Waals surface area contributed by atoms with E-state index >= 15 is 0 Å². The van der Waals surface area contributed by atoms with Crippen LogP contribution in [0, 0.1) is 0 Å². The van der Waals surface area contributed by atoms with Crippen molar-refractivity contribution < 1.29 is 23.8 Å². The average molecular weight is 451 g/mol. The summed E-state index contributed by atoms with van der Waals surface area (Å²) >= 11 is 5.23. The number of anilines is 1. The largest absolute Gasteiger partial charge is 0.490 e. The van der Waals surface area contributed by atoms with Gasteiger partial charge in [0.2, 0.25) is 0 Å². The van der Waals surface area contributed by atoms with Gasteiger partial charge in [0.05, 0.1) is 12.7 Å². The number of ether oxygens (including phenoxy) is 3. The number of carbonyl (C=O) groups excluding carboxylic acids is 2. The van der Waals surface area contributed by atoms with Crippen LogP contribution in [0.15, 0.2) is 78.9 Å². The molecule has 0 unspecified atom stereocenters. The van der Waals surface area contributed by atoms with Gasteiger partial charge in [-0.2, -0.15) is 0 Å². The second-order valence-electron chi connectivity index (χ2n) is 6.52. The Bertz CT molecular complexity index is 1090. The van der Waals surface area contributed by atoms with E-state index in [0.717, 1.165) is 5.75 Å². The maximum Gasteiger partial charge on any atom is 0.337 e. The predicted octanol–water partition coefficient (Wildman–Crippen LogP) is 4.06. The Kier molecular flexibility index (Phi) is 8.16. The van der Waals surface area contributed by atoms with E-state index in [1.165, 1.54) is 13.2 Å². The highest BCUT2D eigenvalue weighted by atomic mass is 32.1. The van der Waals surface area contributed by atoms with E-state index in [-0.39, 0.29) is 16.2 Å². The molecule has 0 saturated heterocycles. The highest BCUT2D eigenvalue weighted by molar-refractivity contribution is 7.80. The number of benzene rings is 3. The number of hydrogen-bond donors (Lipinski definition) is 2. The van der Waals surface area contributed by atoms with Crippen LogP contribution in [0.2, 0.25) is 0 Å². The van der Waals surface area contributed by atoms with Crippen LogP contribution >= 0.6 is 12.2 Å². The number of thiocarbonyl (C=S) groups is 1. The highest BCUT2D eigenvalue weighted by Crippen LogP contribution is 2.17. The first-order chi connectivity index (χ1) is 15.5. The first-order valence-corrected chi connectivity index (χ1v) is 10.2. The number of methoxy groups -OCH3 is 1. The molecule has 0 atom stereocenters. The average Bonchev–Trinajstić information content (AvgIpc) is 2.82. The van der Waals surface area contributed by atoms with Gasteiger partial charge in [-0.1, -0.05) is 30.3 Å². The highest BCUT2D eigenvalue weighted by Gasteiger charge is 2.12. The van der Waals surface area contributed by atoms with E-state index in [2.05, 4.69) is 15.4 Å². The van der Waals surface area contributed by atoms with E-state index in [1.54, 1.807) is 36.4 Å². The van der Waals surface area contributed by atoms with Crippen LogP contribution < -0.4 is 20.1 Å². The number of nitrogens with one attached hydrogen (secondary N) is 2. The normalized spacial score (nSPS) is 10.0. The van der Waals surface area contributed by atoms with Crippen LogP contribution in [0.3, 0.4) is 0 Å². The summed E-state index contributed by atoms with van der Waals surface area (Å²) in [6, 6.07) is 22.9. The van der Waals surface area contributed by atoms with Gasteiger partial charge in [0, 0.05) is 17.3 Å². The second-order valence-corrected chi connectivity index (χ2v) is 6.93. The second kappa shape index (κ2) is 11.5. The summed E-state index contributed by atoms with van der Waals surface area (Å²) in [6.45, 7) is 0.775. The van der Waals surface area contributed by atoms with Crippen LogP contribution in [-0.4, -0.2) is 37.3 Å². The van der Waals surface area contributed by atoms with Gasteiger partial charge in [0.15, 0.2) is 5.11 Å². The summed E-state index contributed by atoms with van der Waals surface area (Å²) in [5.74, 6) is 0.446. The monoisotopic (exact) mass is 450 g/mol. The fourth-order valence-corrected chi connectivity index (χ4v) is 2.95. The molecule has 0 aromatic heterocycles. The molecular weight excluding hydrogens is 428 g/mol. The first kappa shape index (κ1) is 22.8. The molecule has 0 saturated carbocycles. The van der Waals surface area contributed by atoms with Crippen molar-refractivity contribution in [3.8, 4) is 11.5 Å². The summed E-state index contributed by atoms with van der Waals surface area (Å²) in [5, 5.41) is 5.65. The Hall–Kier alpha value is -3.91. The fourth-order valence-electron chi connectivity index (χ4n) is 2.74. The van der Waals surface area contributed by atoms with Crippen molar-refractivity contribution in [1.29, 1.82) is 0 Å². The maximum absolute atomic E-state index is 12.4. The van der Waals surface area contributed by atoms with Crippen molar-refractivity contribution >= 4 is 34.9 Å².